The highest BCUT2D eigenvalue weighted by Gasteiger charge is 2.12. The maximum absolute atomic E-state index is 10.7. The molecular weight excluding hydrogens is 262 g/mol. The van der Waals surface area contributed by atoms with Gasteiger partial charge in [-0.15, -0.1) is 0 Å². The lowest BCUT2D eigenvalue weighted by molar-refractivity contribution is -0.385. The van der Waals surface area contributed by atoms with Crippen molar-refractivity contribution in [3.8, 4) is 11.5 Å². The molecule has 7 nitrogen and oxygen atoms in total. The zero-order valence-corrected chi connectivity index (χ0v) is 10.8. The van der Waals surface area contributed by atoms with Crippen LogP contribution >= 0.6 is 0 Å². The van der Waals surface area contributed by atoms with Crippen LogP contribution in [-0.2, 0) is 6.61 Å². The van der Waals surface area contributed by atoms with Gasteiger partial charge >= 0.3 is 0 Å². The number of nitrogen functional groups attached to an aromatic ring is 1. The number of ether oxygens (including phenoxy) is 2. The number of benzene rings is 1. The van der Waals surface area contributed by atoms with Crippen LogP contribution in [0.4, 0.5) is 11.5 Å². The van der Waals surface area contributed by atoms with Crippen molar-refractivity contribution in [2.24, 2.45) is 0 Å². The van der Waals surface area contributed by atoms with Crippen LogP contribution < -0.4 is 15.2 Å². The van der Waals surface area contributed by atoms with Crippen molar-refractivity contribution in [2.45, 2.75) is 6.61 Å². The molecule has 1 aromatic carbocycles. The molecule has 0 unspecified atom stereocenters. The molecule has 0 aliphatic heterocycles. The van der Waals surface area contributed by atoms with Gasteiger partial charge in [0.25, 0.3) is 5.69 Å². The number of anilines is 1. The molecule has 0 amide bonds. The third-order valence-electron chi connectivity index (χ3n) is 2.67. The van der Waals surface area contributed by atoms with Crippen molar-refractivity contribution in [2.75, 3.05) is 12.8 Å². The van der Waals surface area contributed by atoms with E-state index in [4.69, 9.17) is 15.2 Å². The van der Waals surface area contributed by atoms with Crippen LogP contribution in [0, 0.1) is 10.1 Å². The maximum Gasteiger partial charge on any atom is 0.273 e. The Bertz CT molecular complexity index is 631. The number of hydrogen-bond acceptors (Lipinski definition) is 6. The van der Waals surface area contributed by atoms with E-state index in [1.54, 1.807) is 18.3 Å². The lowest BCUT2D eigenvalue weighted by atomic mass is 10.2. The van der Waals surface area contributed by atoms with Gasteiger partial charge in [0.2, 0.25) is 0 Å². The van der Waals surface area contributed by atoms with E-state index in [0.717, 1.165) is 5.56 Å². The van der Waals surface area contributed by atoms with E-state index in [-0.39, 0.29) is 12.3 Å². The summed E-state index contributed by atoms with van der Waals surface area (Å²) in [5, 5.41) is 10.7. The first-order valence-electron chi connectivity index (χ1n) is 5.76. The van der Waals surface area contributed by atoms with E-state index in [9.17, 15) is 10.1 Å². The van der Waals surface area contributed by atoms with Crippen LogP contribution in [-0.4, -0.2) is 17.0 Å². The second-order valence-corrected chi connectivity index (χ2v) is 3.93. The Balaban J connectivity index is 2.17. The fourth-order valence-corrected chi connectivity index (χ4v) is 1.62. The third kappa shape index (κ3) is 2.94. The number of methoxy groups -OCH3 is 1. The lowest BCUT2D eigenvalue weighted by Crippen LogP contribution is -2.03. The van der Waals surface area contributed by atoms with E-state index in [1.165, 1.54) is 25.3 Å². The molecule has 20 heavy (non-hydrogen) atoms. The van der Waals surface area contributed by atoms with E-state index in [2.05, 4.69) is 4.98 Å². The SMILES string of the molecule is COc1cc([N+](=O)[O-])ccc1OCc1cccnc1N. The summed E-state index contributed by atoms with van der Waals surface area (Å²) in [5.74, 6) is 1.08. The minimum absolute atomic E-state index is 0.0601. The Morgan fingerprint density at radius 2 is 2.15 bits per heavy atom. The molecular formula is C13H13N3O4. The fourth-order valence-electron chi connectivity index (χ4n) is 1.62. The summed E-state index contributed by atoms with van der Waals surface area (Å²) in [6, 6.07) is 7.69. The average Bonchev–Trinajstić information content (AvgIpc) is 2.46. The Labute approximate surface area is 115 Å². The molecule has 0 radical (unpaired) electrons. The van der Waals surface area contributed by atoms with Gasteiger partial charge in [-0.2, -0.15) is 0 Å². The van der Waals surface area contributed by atoms with E-state index >= 15 is 0 Å². The summed E-state index contributed by atoms with van der Waals surface area (Å²) >= 11 is 0. The van der Waals surface area contributed by atoms with Crippen molar-refractivity contribution >= 4 is 11.5 Å². The van der Waals surface area contributed by atoms with Crippen LogP contribution in [0.3, 0.4) is 0 Å². The van der Waals surface area contributed by atoms with Crippen molar-refractivity contribution in [3.05, 3.63) is 52.2 Å². The van der Waals surface area contributed by atoms with Crippen molar-refractivity contribution in [1.82, 2.24) is 4.98 Å². The molecule has 0 bridgehead atoms. The monoisotopic (exact) mass is 275 g/mol. The maximum atomic E-state index is 10.7. The number of nitro groups is 1. The fraction of sp³-hybridized carbons (Fsp3) is 0.154. The molecule has 0 fully saturated rings. The quantitative estimate of drug-likeness (QED) is 0.662. The third-order valence-corrected chi connectivity index (χ3v) is 2.67. The normalized spacial score (nSPS) is 10.1. The summed E-state index contributed by atoms with van der Waals surface area (Å²) in [6.07, 6.45) is 1.59. The molecule has 0 saturated heterocycles. The second kappa shape index (κ2) is 5.87. The zero-order chi connectivity index (χ0) is 14.5. The summed E-state index contributed by atoms with van der Waals surface area (Å²) < 4.78 is 10.6. The average molecular weight is 275 g/mol. The molecule has 0 spiro atoms. The van der Waals surface area contributed by atoms with Gasteiger partial charge in [0.05, 0.1) is 18.1 Å². The molecule has 2 N–H and O–H groups in total. The predicted molar refractivity (Wildman–Crippen MR) is 72.6 cm³/mol. The lowest BCUT2D eigenvalue weighted by Gasteiger charge is -2.11. The van der Waals surface area contributed by atoms with E-state index in [1.807, 2.05) is 0 Å². The largest absolute Gasteiger partial charge is 0.493 e. The van der Waals surface area contributed by atoms with Crippen molar-refractivity contribution in [3.63, 3.8) is 0 Å². The van der Waals surface area contributed by atoms with Gasteiger partial charge in [-0.05, 0) is 12.1 Å². The van der Waals surface area contributed by atoms with Crippen LogP contribution in [0.25, 0.3) is 0 Å². The molecule has 104 valence electrons. The van der Waals surface area contributed by atoms with Gasteiger partial charge in [0.1, 0.15) is 12.4 Å². The Morgan fingerprint density at radius 3 is 2.80 bits per heavy atom. The highest BCUT2D eigenvalue weighted by atomic mass is 16.6. The number of aromatic nitrogens is 1. The number of nitro benzene ring substituents is 1. The molecule has 7 heteroatoms. The predicted octanol–water partition coefficient (Wildman–Crippen LogP) is 2.16. The van der Waals surface area contributed by atoms with Crippen molar-refractivity contribution < 1.29 is 14.4 Å². The number of rotatable bonds is 5. The molecule has 0 atom stereocenters. The van der Waals surface area contributed by atoms with Crippen LogP contribution in [0.2, 0.25) is 0 Å². The first kappa shape index (κ1) is 13.6. The second-order valence-electron chi connectivity index (χ2n) is 3.93. The molecule has 0 aliphatic carbocycles. The Kier molecular flexibility index (Phi) is 3.99. The van der Waals surface area contributed by atoms with Crippen LogP contribution in [0.15, 0.2) is 36.5 Å². The Morgan fingerprint density at radius 1 is 1.35 bits per heavy atom. The van der Waals surface area contributed by atoms with Gasteiger partial charge in [-0.25, -0.2) is 4.98 Å². The number of nitrogens with zero attached hydrogens (tertiary/aromatic N) is 2. The number of nitrogens with two attached hydrogens (primary N) is 1. The summed E-state index contributed by atoms with van der Waals surface area (Å²) in [4.78, 5) is 14.1. The first-order chi connectivity index (χ1) is 9.61. The molecule has 1 aromatic heterocycles. The number of hydrogen-bond donors (Lipinski definition) is 1. The zero-order valence-electron chi connectivity index (χ0n) is 10.8. The minimum atomic E-state index is -0.495. The van der Waals surface area contributed by atoms with E-state index < -0.39 is 4.92 Å². The molecule has 1 heterocycles. The highest BCUT2D eigenvalue weighted by Crippen LogP contribution is 2.31. The van der Waals surface area contributed by atoms with Gasteiger partial charge in [0, 0.05) is 17.8 Å². The Hall–Kier alpha value is -2.83. The molecule has 0 saturated carbocycles. The van der Waals surface area contributed by atoms with Crippen LogP contribution in [0.1, 0.15) is 5.56 Å². The first-order valence-corrected chi connectivity index (χ1v) is 5.76. The van der Waals surface area contributed by atoms with Crippen LogP contribution in [0.5, 0.6) is 11.5 Å². The smallest absolute Gasteiger partial charge is 0.273 e. The summed E-state index contributed by atoms with van der Waals surface area (Å²) in [6.45, 7) is 0.202. The molecule has 2 rings (SSSR count). The van der Waals surface area contributed by atoms with E-state index in [0.29, 0.717) is 17.3 Å². The molecule has 0 aliphatic rings. The minimum Gasteiger partial charge on any atom is -0.493 e. The van der Waals surface area contributed by atoms with Gasteiger partial charge in [-0.1, -0.05) is 6.07 Å². The summed E-state index contributed by atoms with van der Waals surface area (Å²) in [7, 11) is 1.42. The highest BCUT2D eigenvalue weighted by molar-refractivity contribution is 5.49. The van der Waals surface area contributed by atoms with Gasteiger partial charge < -0.3 is 15.2 Å². The van der Waals surface area contributed by atoms with Gasteiger partial charge in [0.15, 0.2) is 11.5 Å². The van der Waals surface area contributed by atoms with Gasteiger partial charge in [-0.3, -0.25) is 10.1 Å². The summed E-state index contributed by atoms with van der Waals surface area (Å²) in [5.41, 5.74) is 6.38. The number of pyridine rings is 1. The topological polar surface area (TPSA) is 101 Å². The number of non-ortho nitro benzene ring substituents is 1. The van der Waals surface area contributed by atoms with Crippen molar-refractivity contribution in [1.29, 1.82) is 0 Å². The standard InChI is InChI=1S/C13H13N3O4/c1-19-12-7-10(16(17)18)4-5-11(12)20-8-9-3-2-6-15-13(9)14/h2-7H,8H2,1H3,(H2,14,15). The molecule has 2 aromatic rings.